The Bertz CT molecular complexity index is 626. The lowest BCUT2D eigenvalue weighted by Crippen LogP contribution is -2.37. The van der Waals surface area contributed by atoms with Crippen molar-refractivity contribution in [2.24, 2.45) is 5.73 Å². The first-order chi connectivity index (χ1) is 9.89. The molecule has 0 spiro atoms. The summed E-state index contributed by atoms with van der Waals surface area (Å²) < 4.78 is 13.0. The topological polar surface area (TPSA) is 62.3 Å². The number of hydrogen-bond donors (Lipinski definition) is 1. The highest BCUT2D eigenvalue weighted by Gasteiger charge is 2.19. The van der Waals surface area contributed by atoms with Crippen molar-refractivity contribution in [3.8, 4) is 11.5 Å². The van der Waals surface area contributed by atoms with E-state index < -0.39 is 0 Å². The molecule has 0 aliphatic rings. The molecule has 0 aliphatic carbocycles. The third-order valence-corrected chi connectivity index (χ3v) is 3.37. The summed E-state index contributed by atoms with van der Waals surface area (Å²) in [4.78, 5) is 4.74. The number of benzene rings is 1. The highest BCUT2D eigenvalue weighted by molar-refractivity contribution is 5.80. The van der Waals surface area contributed by atoms with Gasteiger partial charge in [0, 0.05) is 30.6 Å². The standard InChI is InChI=1S/C16H25N3O2/c1-6-7-15-18-11-8-13(20-4)14(21-5)9-12(11)19(15)10-16(2,3)17/h8-9H,6-7,10,17H2,1-5H3. The molecule has 1 heterocycles. The van der Waals surface area contributed by atoms with Crippen LogP contribution in [0, 0.1) is 0 Å². The molecule has 2 aromatic rings. The Kier molecular flexibility index (Phi) is 4.42. The van der Waals surface area contributed by atoms with Gasteiger partial charge < -0.3 is 19.8 Å². The van der Waals surface area contributed by atoms with Crippen molar-refractivity contribution in [3.63, 3.8) is 0 Å². The highest BCUT2D eigenvalue weighted by Crippen LogP contribution is 2.33. The van der Waals surface area contributed by atoms with Crippen molar-refractivity contribution in [3.05, 3.63) is 18.0 Å². The van der Waals surface area contributed by atoms with Gasteiger partial charge in [0.25, 0.3) is 0 Å². The predicted molar refractivity (Wildman–Crippen MR) is 85.1 cm³/mol. The van der Waals surface area contributed by atoms with Gasteiger partial charge >= 0.3 is 0 Å². The molecule has 21 heavy (non-hydrogen) atoms. The van der Waals surface area contributed by atoms with Crippen molar-refractivity contribution in [1.82, 2.24) is 9.55 Å². The molecule has 0 aliphatic heterocycles. The average molecular weight is 291 g/mol. The number of rotatable bonds is 6. The molecule has 116 valence electrons. The van der Waals surface area contributed by atoms with Crippen LogP contribution < -0.4 is 15.2 Å². The average Bonchev–Trinajstić information content (AvgIpc) is 2.73. The number of aromatic nitrogens is 2. The summed E-state index contributed by atoms with van der Waals surface area (Å²) in [6.45, 7) is 6.91. The van der Waals surface area contributed by atoms with Gasteiger partial charge in [-0.25, -0.2) is 4.98 Å². The molecule has 0 atom stereocenters. The number of hydrogen-bond acceptors (Lipinski definition) is 4. The number of ether oxygens (including phenoxy) is 2. The Morgan fingerprint density at radius 2 is 1.81 bits per heavy atom. The number of nitrogens with two attached hydrogens (primary N) is 1. The zero-order chi connectivity index (χ0) is 15.6. The minimum atomic E-state index is -0.302. The largest absolute Gasteiger partial charge is 0.493 e. The van der Waals surface area contributed by atoms with Gasteiger partial charge in [-0.3, -0.25) is 0 Å². The Morgan fingerprint density at radius 1 is 1.19 bits per heavy atom. The molecule has 0 bridgehead atoms. The number of nitrogens with zero attached hydrogens (tertiary/aromatic N) is 2. The quantitative estimate of drug-likeness (QED) is 0.889. The molecular weight excluding hydrogens is 266 g/mol. The van der Waals surface area contributed by atoms with Crippen LogP contribution in [0.5, 0.6) is 11.5 Å². The van der Waals surface area contributed by atoms with E-state index in [1.54, 1.807) is 14.2 Å². The van der Waals surface area contributed by atoms with E-state index in [4.69, 9.17) is 20.2 Å². The lowest BCUT2D eigenvalue weighted by atomic mass is 10.1. The van der Waals surface area contributed by atoms with Crippen LogP contribution in [0.3, 0.4) is 0 Å². The summed E-state index contributed by atoms with van der Waals surface area (Å²) in [6, 6.07) is 3.90. The monoisotopic (exact) mass is 291 g/mol. The third kappa shape index (κ3) is 3.29. The van der Waals surface area contributed by atoms with Gasteiger partial charge in [-0.1, -0.05) is 6.92 Å². The van der Waals surface area contributed by atoms with Gasteiger partial charge in [0.2, 0.25) is 0 Å². The molecule has 5 heteroatoms. The number of methoxy groups -OCH3 is 2. The van der Waals surface area contributed by atoms with Gasteiger partial charge in [-0.2, -0.15) is 0 Å². The number of fused-ring (bicyclic) bond motifs is 1. The summed E-state index contributed by atoms with van der Waals surface area (Å²) >= 11 is 0. The van der Waals surface area contributed by atoms with Gasteiger partial charge in [0.15, 0.2) is 11.5 Å². The van der Waals surface area contributed by atoms with E-state index in [0.717, 1.165) is 29.7 Å². The van der Waals surface area contributed by atoms with Gasteiger partial charge in [-0.05, 0) is 20.3 Å². The molecule has 0 radical (unpaired) electrons. The van der Waals surface area contributed by atoms with Gasteiger partial charge in [0.1, 0.15) is 5.82 Å². The van der Waals surface area contributed by atoms with Crippen molar-refractivity contribution in [2.45, 2.75) is 45.7 Å². The molecule has 0 saturated heterocycles. The molecule has 0 amide bonds. The fraction of sp³-hybridized carbons (Fsp3) is 0.562. The van der Waals surface area contributed by atoms with Crippen LogP contribution >= 0.6 is 0 Å². The second kappa shape index (κ2) is 5.93. The van der Waals surface area contributed by atoms with Crippen LogP contribution in [-0.2, 0) is 13.0 Å². The summed E-state index contributed by atoms with van der Waals surface area (Å²) in [6.07, 6.45) is 1.97. The minimum absolute atomic E-state index is 0.302. The molecule has 5 nitrogen and oxygen atoms in total. The van der Waals surface area contributed by atoms with Crippen molar-refractivity contribution < 1.29 is 9.47 Å². The predicted octanol–water partition coefficient (Wildman–Crippen LogP) is 2.74. The summed E-state index contributed by atoms with van der Waals surface area (Å²) in [5.41, 5.74) is 7.86. The fourth-order valence-electron chi connectivity index (χ4n) is 2.50. The van der Waals surface area contributed by atoms with E-state index >= 15 is 0 Å². The normalized spacial score (nSPS) is 11.9. The molecular formula is C16H25N3O2. The molecule has 1 aromatic heterocycles. The molecule has 1 aromatic carbocycles. The van der Waals surface area contributed by atoms with E-state index in [9.17, 15) is 0 Å². The fourth-order valence-corrected chi connectivity index (χ4v) is 2.50. The van der Waals surface area contributed by atoms with Crippen LogP contribution in [0.2, 0.25) is 0 Å². The van der Waals surface area contributed by atoms with E-state index in [1.165, 1.54) is 0 Å². The molecule has 0 saturated carbocycles. The first-order valence-electron chi connectivity index (χ1n) is 7.29. The Hall–Kier alpha value is -1.75. The van der Waals surface area contributed by atoms with E-state index in [-0.39, 0.29) is 5.54 Å². The summed E-state index contributed by atoms with van der Waals surface area (Å²) in [5.74, 6) is 2.47. The zero-order valence-corrected chi connectivity index (χ0v) is 13.6. The lowest BCUT2D eigenvalue weighted by molar-refractivity contribution is 0.355. The van der Waals surface area contributed by atoms with Crippen LogP contribution in [0.4, 0.5) is 0 Å². The van der Waals surface area contributed by atoms with Gasteiger partial charge in [0.05, 0.1) is 25.3 Å². The SMILES string of the molecule is CCCc1nc2cc(OC)c(OC)cc2n1CC(C)(C)N. The maximum Gasteiger partial charge on any atom is 0.163 e. The summed E-state index contributed by atoms with van der Waals surface area (Å²) in [5, 5.41) is 0. The van der Waals surface area contributed by atoms with Crippen LogP contribution in [0.25, 0.3) is 11.0 Å². The van der Waals surface area contributed by atoms with E-state index in [2.05, 4.69) is 11.5 Å². The van der Waals surface area contributed by atoms with Crippen molar-refractivity contribution >= 4 is 11.0 Å². The van der Waals surface area contributed by atoms with Crippen molar-refractivity contribution in [2.75, 3.05) is 14.2 Å². The zero-order valence-electron chi connectivity index (χ0n) is 13.6. The van der Waals surface area contributed by atoms with Crippen LogP contribution in [-0.4, -0.2) is 29.3 Å². The Morgan fingerprint density at radius 3 is 2.33 bits per heavy atom. The maximum atomic E-state index is 6.20. The first-order valence-corrected chi connectivity index (χ1v) is 7.29. The molecule has 0 unspecified atom stereocenters. The Balaban J connectivity index is 2.63. The summed E-state index contributed by atoms with van der Waals surface area (Å²) in [7, 11) is 3.28. The van der Waals surface area contributed by atoms with E-state index in [1.807, 2.05) is 26.0 Å². The number of aryl methyl sites for hydroxylation is 1. The smallest absolute Gasteiger partial charge is 0.163 e. The van der Waals surface area contributed by atoms with Crippen molar-refractivity contribution in [1.29, 1.82) is 0 Å². The highest BCUT2D eigenvalue weighted by atomic mass is 16.5. The second-order valence-electron chi connectivity index (χ2n) is 6.05. The minimum Gasteiger partial charge on any atom is -0.493 e. The second-order valence-corrected chi connectivity index (χ2v) is 6.05. The third-order valence-electron chi connectivity index (χ3n) is 3.37. The van der Waals surface area contributed by atoms with Crippen LogP contribution in [0.15, 0.2) is 12.1 Å². The number of imidazole rings is 1. The first kappa shape index (κ1) is 15.6. The van der Waals surface area contributed by atoms with Crippen LogP contribution in [0.1, 0.15) is 33.0 Å². The molecule has 2 N–H and O–H groups in total. The Labute approximate surface area is 126 Å². The molecule has 0 fully saturated rings. The lowest BCUT2D eigenvalue weighted by Gasteiger charge is -2.21. The molecule has 2 rings (SSSR count). The maximum absolute atomic E-state index is 6.20. The van der Waals surface area contributed by atoms with E-state index in [0.29, 0.717) is 18.0 Å². The van der Waals surface area contributed by atoms with Gasteiger partial charge in [-0.15, -0.1) is 0 Å².